The maximum absolute atomic E-state index is 12.7. The van der Waals surface area contributed by atoms with E-state index in [1.807, 2.05) is 0 Å². The lowest BCUT2D eigenvalue weighted by atomic mass is 9.96. The number of hydrogen-bond acceptors (Lipinski definition) is 4. The van der Waals surface area contributed by atoms with Crippen LogP contribution in [-0.4, -0.2) is 56.4 Å². The molecule has 0 spiro atoms. The molecule has 0 radical (unpaired) electrons. The minimum absolute atomic E-state index is 0.0719. The Labute approximate surface area is 182 Å². The summed E-state index contributed by atoms with van der Waals surface area (Å²) in [4.78, 5) is 26.6. The summed E-state index contributed by atoms with van der Waals surface area (Å²) in [5, 5.41) is 9.38. The van der Waals surface area contributed by atoms with Gasteiger partial charge in [-0.1, -0.05) is 30.9 Å². The van der Waals surface area contributed by atoms with Gasteiger partial charge in [0.1, 0.15) is 11.5 Å². The van der Waals surface area contributed by atoms with Gasteiger partial charge in [-0.3, -0.25) is 0 Å². The van der Waals surface area contributed by atoms with Crippen LogP contribution in [0.25, 0.3) is 0 Å². The number of methoxy groups -OCH3 is 2. The van der Waals surface area contributed by atoms with Crippen molar-refractivity contribution in [2.75, 3.05) is 32.6 Å². The molecule has 1 aromatic carbocycles. The van der Waals surface area contributed by atoms with E-state index in [0.29, 0.717) is 48.1 Å². The fourth-order valence-corrected chi connectivity index (χ4v) is 4.28. The molecule has 0 bridgehead atoms. The molecule has 1 saturated heterocycles. The van der Waals surface area contributed by atoms with Crippen molar-refractivity contribution in [2.45, 2.75) is 57.0 Å². The third-order valence-electron chi connectivity index (χ3n) is 5.77. The van der Waals surface area contributed by atoms with Crippen molar-refractivity contribution >= 4 is 29.4 Å². The number of anilines is 1. The first kappa shape index (κ1) is 22.3. The molecule has 1 aliphatic heterocycles. The number of nitrogens with zero attached hydrogens (tertiary/aromatic N) is 1. The first-order chi connectivity index (χ1) is 14.5. The lowest BCUT2D eigenvalue weighted by molar-refractivity contribution is 0.186. The minimum atomic E-state index is -0.223. The number of hydrogen-bond donors (Lipinski definition) is 3. The zero-order chi connectivity index (χ0) is 21.5. The van der Waals surface area contributed by atoms with E-state index in [0.717, 1.165) is 12.8 Å². The Hall–Kier alpha value is -2.35. The summed E-state index contributed by atoms with van der Waals surface area (Å²) in [5.41, 5.74) is 0.486. The summed E-state index contributed by atoms with van der Waals surface area (Å²) in [7, 11) is 3.04. The van der Waals surface area contributed by atoms with E-state index < -0.39 is 0 Å². The van der Waals surface area contributed by atoms with Crippen LogP contribution in [0.4, 0.5) is 15.3 Å². The highest BCUT2D eigenvalue weighted by Crippen LogP contribution is 2.36. The lowest BCUT2D eigenvalue weighted by Crippen LogP contribution is -2.51. The molecule has 3 rings (SSSR count). The number of urea groups is 2. The Bertz CT molecular complexity index is 747. The van der Waals surface area contributed by atoms with Crippen molar-refractivity contribution in [1.29, 1.82) is 0 Å². The molecule has 1 aliphatic carbocycles. The molecule has 1 heterocycles. The number of likely N-dealkylation sites (tertiary alicyclic amines) is 1. The van der Waals surface area contributed by atoms with Crippen molar-refractivity contribution in [3.63, 3.8) is 0 Å². The Balaban J connectivity index is 1.47. The molecule has 0 aromatic heterocycles. The molecular formula is C21H31ClN4O4. The number of piperidine rings is 1. The highest BCUT2D eigenvalue weighted by atomic mass is 35.5. The van der Waals surface area contributed by atoms with Gasteiger partial charge in [0.05, 0.1) is 24.9 Å². The summed E-state index contributed by atoms with van der Waals surface area (Å²) in [6.45, 7) is 1.12. The number of carbonyl (C=O) groups excluding carboxylic acids is 2. The third kappa shape index (κ3) is 5.84. The van der Waals surface area contributed by atoms with Gasteiger partial charge < -0.3 is 30.3 Å². The Kier molecular flexibility index (Phi) is 7.90. The Morgan fingerprint density at radius 2 is 1.53 bits per heavy atom. The van der Waals surface area contributed by atoms with Crippen LogP contribution < -0.4 is 25.4 Å². The average molecular weight is 439 g/mol. The predicted octanol–water partition coefficient (Wildman–Crippen LogP) is 3.99. The summed E-state index contributed by atoms with van der Waals surface area (Å²) in [5.74, 6) is 0.949. The van der Waals surface area contributed by atoms with E-state index in [9.17, 15) is 9.59 Å². The van der Waals surface area contributed by atoms with E-state index >= 15 is 0 Å². The van der Waals surface area contributed by atoms with Crippen molar-refractivity contribution in [2.24, 2.45) is 0 Å². The van der Waals surface area contributed by atoms with E-state index in [-0.39, 0.29) is 24.1 Å². The number of carbonyl (C=O) groups is 2. The molecule has 9 heteroatoms. The largest absolute Gasteiger partial charge is 0.495 e. The Morgan fingerprint density at radius 3 is 2.13 bits per heavy atom. The molecule has 1 aromatic rings. The molecule has 2 fully saturated rings. The normalized spacial score (nSPS) is 17.9. The number of rotatable bonds is 5. The highest BCUT2D eigenvalue weighted by molar-refractivity contribution is 6.32. The van der Waals surface area contributed by atoms with E-state index in [1.54, 1.807) is 17.0 Å². The number of benzene rings is 1. The summed E-state index contributed by atoms with van der Waals surface area (Å²) < 4.78 is 10.5. The summed E-state index contributed by atoms with van der Waals surface area (Å²) in [6, 6.07) is 3.29. The lowest BCUT2D eigenvalue weighted by Gasteiger charge is -2.33. The van der Waals surface area contributed by atoms with Gasteiger partial charge in [-0.15, -0.1) is 0 Å². The van der Waals surface area contributed by atoms with Crippen LogP contribution in [0.5, 0.6) is 11.5 Å². The smallest absolute Gasteiger partial charge is 0.321 e. The molecular weight excluding hydrogens is 408 g/mol. The number of amides is 4. The standard InChI is InChI=1S/C21H31ClN4O4/c1-29-18-13-19(30-2)17(12-16(18)22)25-21(28)26-10-8-15(9-11-26)24-20(27)23-14-6-4-3-5-7-14/h12-15H,3-11H2,1-2H3,(H,25,28)(H2,23,24,27). The van der Waals surface area contributed by atoms with Crippen molar-refractivity contribution in [3.05, 3.63) is 17.2 Å². The molecule has 0 atom stereocenters. The van der Waals surface area contributed by atoms with Crippen molar-refractivity contribution in [3.8, 4) is 11.5 Å². The predicted molar refractivity (Wildman–Crippen MR) is 117 cm³/mol. The van der Waals surface area contributed by atoms with Gasteiger partial charge in [0, 0.05) is 31.2 Å². The van der Waals surface area contributed by atoms with E-state index in [4.69, 9.17) is 21.1 Å². The summed E-state index contributed by atoms with van der Waals surface area (Å²) in [6.07, 6.45) is 7.17. The maximum atomic E-state index is 12.7. The fourth-order valence-electron chi connectivity index (χ4n) is 4.04. The van der Waals surface area contributed by atoms with Gasteiger partial charge >= 0.3 is 12.1 Å². The second-order valence-corrected chi connectivity index (χ2v) is 8.24. The monoisotopic (exact) mass is 438 g/mol. The second-order valence-electron chi connectivity index (χ2n) is 7.83. The number of nitrogens with one attached hydrogen (secondary N) is 3. The molecule has 3 N–H and O–H groups in total. The van der Waals surface area contributed by atoms with Gasteiger partial charge in [0.2, 0.25) is 0 Å². The maximum Gasteiger partial charge on any atom is 0.321 e. The quantitative estimate of drug-likeness (QED) is 0.648. The van der Waals surface area contributed by atoms with E-state index in [2.05, 4.69) is 16.0 Å². The highest BCUT2D eigenvalue weighted by Gasteiger charge is 2.25. The van der Waals surface area contributed by atoms with E-state index in [1.165, 1.54) is 33.5 Å². The van der Waals surface area contributed by atoms with Gasteiger partial charge in [-0.25, -0.2) is 9.59 Å². The van der Waals surface area contributed by atoms with Gasteiger partial charge in [-0.05, 0) is 31.7 Å². The molecule has 30 heavy (non-hydrogen) atoms. The molecule has 0 unspecified atom stereocenters. The number of ether oxygens (including phenoxy) is 2. The van der Waals surface area contributed by atoms with Crippen LogP contribution in [0.1, 0.15) is 44.9 Å². The molecule has 4 amide bonds. The third-order valence-corrected chi connectivity index (χ3v) is 6.07. The molecule has 2 aliphatic rings. The van der Waals surface area contributed by atoms with Crippen LogP contribution in [0, 0.1) is 0 Å². The van der Waals surface area contributed by atoms with Crippen LogP contribution in [0.15, 0.2) is 12.1 Å². The zero-order valence-electron chi connectivity index (χ0n) is 17.6. The van der Waals surface area contributed by atoms with Crippen LogP contribution >= 0.6 is 11.6 Å². The van der Waals surface area contributed by atoms with Crippen LogP contribution in [-0.2, 0) is 0 Å². The van der Waals surface area contributed by atoms with Crippen molar-refractivity contribution in [1.82, 2.24) is 15.5 Å². The van der Waals surface area contributed by atoms with Crippen LogP contribution in [0.2, 0.25) is 5.02 Å². The molecule has 166 valence electrons. The zero-order valence-corrected chi connectivity index (χ0v) is 18.4. The topological polar surface area (TPSA) is 91.9 Å². The first-order valence-electron chi connectivity index (χ1n) is 10.5. The fraction of sp³-hybridized carbons (Fsp3) is 0.619. The molecule has 8 nitrogen and oxygen atoms in total. The summed E-state index contributed by atoms with van der Waals surface area (Å²) >= 11 is 6.17. The average Bonchev–Trinajstić information content (AvgIpc) is 2.75. The Morgan fingerprint density at radius 1 is 0.933 bits per heavy atom. The van der Waals surface area contributed by atoms with Crippen molar-refractivity contribution < 1.29 is 19.1 Å². The van der Waals surface area contributed by atoms with Gasteiger partial charge in [0.15, 0.2) is 0 Å². The molecule has 1 saturated carbocycles. The first-order valence-corrected chi connectivity index (χ1v) is 10.9. The van der Waals surface area contributed by atoms with Gasteiger partial charge in [0.25, 0.3) is 0 Å². The second kappa shape index (κ2) is 10.6. The van der Waals surface area contributed by atoms with Gasteiger partial charge in [-0.2, -0.15) is 0 Å². The SMILES string of the molecule is COc1cc(OC)c(NC(=O)N2CCC(NC(=O)NC3CCCCC3)CC2)cc1Cl. The number of halogens is 1. The van der Waals surface area contributed by atoms with Crippen LogP contribution in [0.3, 0.4) is 0 Å². The minimum Gasteiger partial charge on any atom is -0.495 e.